The van der Waals surface area contributed by atoms with E-state index in [1.54, 1.807) is 14.0 Å². The van der Waals surface area contributed by atoms with Crippen LogP contribution in [0.5, 0.6) is 0 Å². The number of aryl methyl sites for hydroxylation is 2. The number of hydrogen-bond acceptors (Lipinski definition) is 4. The molecule has 1 aliphatic rings. The Labute approximate surface area is 130 Å². The van der Waals surface area contributed by atoms with Gasteiger partial charge in [0.1, 0.15) is 5.69 Å². The predicted octanol–water partition coefficient (Wildman–Crippen LogP) is 0.816. The summed E-state index contributed by atoms with van der Waals surface area (Å²) in [4.78, 5) is 14.5. The maximum absolute atomic E-state index is 12.2. The molecular weight excluding hydrogens is 292 g/mol. The van der Waals surface area contributed by atoms with Crippen molar-refractivity contribution in [3.63, 3.8) is 0 Å². The molecule has 0 spiro atoms. The Morgan fingerprint density at radius 1 is 1.48 bits per heavy atom. The molecule has 1 saturated heterocycles. The minimum atomic E-state index is -0.166. The zero-order valence-corrected chi connectivity index (χ0v) is 13.4. The highest BCUT2D eigenvalue weighted by Crippen LogP contribution is 2.20. The molecule has 0 saturated carbocycles. The van der Waals surface area contributed by atoms with Crippen molar-refractivity contribution in [2.45, 2.75) is 19.8 Å². The van der Waals surface area contributed by atoms with E-state index in [0.29, 0.717) is 28.9 Å². The summed E-state index contributed by atoms with van der Waals surface area (Å²) in [6, 6.07) is 0. The molecule has 2 heterocycles. The van der Waals surface area contributed by atoms with Gasteiger partial charge in [-0.1, -0.05) is 11.6 Å². The van der Waals surface area contributed by atoms with E-state index in [4.69, 9.17) is 16.7 Å². The summed E-state index contributed by atoms with van der Waals surface area (Å²) in [7, 11) is 1.72. The summed E-state index contributed by atoms with van der Waals surface area (Å²) in [6.45, 7) is 5.35. The summed E-state index contributed by atoms with van der Waals surface area (Å²) in [5.41, 5.74) is 1.09. The number of carbonyl (C=O) groups is 1. The van der Waals surface area contributed by atoms with Crippen LogP contribution in [-0.4, -0.2) is 58.5 Å². The monoisotopic (exact) mass is 314 g/mol. The number of amides is 1. The van der Waals surface area contributed by atoms with Crippen molar-refractivity contribution in [2.24, 2.45) is 13.0 Å². The number of rotatable bonds is 5. The van der Waals surface area contributed by atoms with E-state index in [0.717, 1.165) is 32.5 Å². The third-order valence-corrected chi connectivity index (χ3v) is 4.49. The van der Waals surface area contributed by atoms with Crippen molar-refractivity contribution in [3.05, 3.63) is 16.4 Å². The molecule has 1 amide bonds. The summed E-state index contributed by atoms with van der Waals surface area (Å²) in [5, 5.41) is 16.5. The molecule has 0 aliphatic carbocycles. The van der Waals surface area contributed by atoms with Crippen LogP contribution in [0.3, 0.4) is 0 Å². The Kier molecular flexibility index (Phi) is 5.61. The fourth-order valence-electron chi connectivity index (χ4n) is 2.76. The lowest BCUT2D eigenvalue weighted by molar-refractivity contribution is 0.0923. The zero-order valence-electron chi connectivity index (χ0n) is 12.6. The number of aromatic nitrogens is 2. The van der Waals surface area contributed by atoms with E-state index < -0.39 is 0 Å². The predicted molar refractivity (Wildman–Crippen MR) is 81.5 cm³/mol. The molecule has 6 nitrogen and oxygen atoms in total. The molecule has 21 heavy (non-hydrogen) atoms. The summed E-state index contributed by atoms with van der Waals surface area (Å²) in [5.74, 6) is 0.317. The molecule has 0 bridgehead atoms. The van der Waals surface area contributed by atoms with E-state index in [9.17, 15) is 4.79 Å². The van der Waals surface area contributed by atoms with Crippen LogP contribution in [0.2, 0.25) is 5.02 Å². The van der Waals surface area contributed by atoms with Crippen molar-refractivity contribution in [3.8, 4) is 0 Å². The number of carbonyl (C=O) groups excluding carboxylic acids is 1. The fraction of sp³-hybridized carbons (Fsp3) is 0.714. The van der Waals surface area contributed by atoms with Gasteiger partial charge in [0.05, 0.1) is 17.3 Å². The highest BCUT2D eigenvalue weighted by molar-refractivity contribution is 6.34. The first kappa shape index (κ1) is 16.3. The molecule has 0 atom stereocenters. The second-order valence-corrected chi connectivity index (χ2v) is 5.97. The molecule has 2 N–H and O–H groups in total. The van der Waals surface area contributed by atoms with Gasteiger partial charge in [-0.3, -0.25) is 9.48 Å². The van der Waals surface area contributed by atoms with Crippen LogP contribution >= 0.6 is 11.6 Å². The van der Waals surface area contributed by atoms with Crippen LogP contribution < -0.4 is 5.32 Å². The molecule has 0 unspecified atom stereocenters. The lowest BCUT2D eigenvalue weighted by Gasteiger charge is -2.31. The van der Waals surface area contributed by atoms with Gasteiger partial charge in [0, 0.05) is 20.1 Å². The first-order valence-corrected chi connectivity index (χ1v) is 7.71. The minimum absolute atomic E-state index is 0.166. The molecule has 2 rings (SSSR count). The number of hydrogen-bond donors (Lipinski definition) is 2. The van der Waals surface area contributed by atoms with Gasteiger partial charge in [-0.2, -0.15) is 5.10 Å². The first-order chi connectivity index (χ1) is 10.0. The third kappa shape index (κ3) is 3.96. The van der Waals surface area contributed by atoms with Gasteiger partial charge in [0.15, 0.2) is 0 Å². The third-order valence-electron chi connectivity index (χ3n) is 4.04. The molecule has 118 valence electrons. The molecule has 1 fully saturated rings. The number of halogens is 1. The van der Waals surface area contributed by atoms with Gasteiger partial charge in [-0.05, 0) is 38.8 Å². The molecular formula is C14H23ClN4O2. The number of aliphatic hydroxyl groups excluding tert-OH is 1. The molecule has 0 aromatic carbocycles. The molecule has 1 aromatic rings. The Balaban J connectivity index is 1.82. The van der Waals surface area contributed by atoms with E-state index in [1.165, 1.54) is 4.68 Å². The number of nitrogens with one attached hydrogen (secondary N) is 1. The van der Waals surface area contributed by atoms with Crippen molar-refractivity contribution < 1.29 is 9.90 Å². The lowest BCUT2D eigenvalue weighted by atomic mass is 9.97. The average molecular weight is 315 g/mol. The summed E-state index contributed by atoms with van der Waals surface area (Å²) in [6.07, 6.45) is 2.08. The zero-order chi connectivity index (χ0) is 15.4. The first-order valence-electron chi connectivity index (χ1n) is 7.33. The highest BCUT2D eigenvalue weighted by atomic mass is 35.5. The van der Waals surface area contributed by atoms with E-state index >= 15 is 0 Å². The van der Waals surface area contributed by atoms with Crippen molar-refractivity contribution in [2.75, 3.05) is 32.8 Å². The maximum atomic E-state index is 12.2. The number of likely N-dealkylation sites (tertiary alicyclic amines) is 1. The van der Waals surface area contributed by atoms with Gasteiger partial charge in [0.25, 0.3) is 5.91 Å². The Bertz CT molecular complexity index is 495. The van der Waals surface area contributed by atoms with Crippen LogP contribution in [0, 0.1) is 12.8 Å². The van der Waals surface area contributed by atoms with Gasteiger partial charge in [-0.25, -0.2) is 0 Å². The molecule has 7 heteroatoms. The fourth-order valence-corrected chi connectivity index (χ4v) is 3.00. The van der Waals surface area contributed by atoms with E-state index in [1.807, 2.05) is 0 Å². The van der Waals surface area contributed by atoms with Gasteiger partial charge < -0.3 is 15.3 Å². The van der Waals surface area contributed by atoms with E-state index in [-0.39, 0.29) is 12.5 Å². The second kappa shape index (κ2) is 7.24. The minimum Gasteiger partial charge on any atom is -0.395 e. The SMILES string of the molecule is Cc1nn(C)c(C(=O)NCC2CCN(CCO)CC2)c1Cl. The van der Waals surface area contributed by atoms with Crippen molar-refractivity contribution >= 4 is 17.5 Å². The van der Waals surface area contributed by atoms with Crippen LogP contribution in [0.15, 0.2) is 0 Å². The quantitative estimate of drug-likeness (QED) is 0.844. The number of nitrogens with zero attached hydrogens (tertiary/aromatic N) is 3. The van der Waals surface area contributed by atoms with Crippen molar-refractivity contribution in [1.29, 1.82) is 0 Å². The topological polar surface area (TPSA) is 70.4 Å². The van der Waals surface area contributed by atoms with Gasteiger partial charge in [-0.15, -0.1) is 0 Å². The number of β-amino-alcohol motifs (C(OH)–C–C–N with tert-alkyl or cyclic N) is 1. The summed E-state index contributed by atoms with van der Waals surface area (Å²) >= 11 is 6.11. The Hall–Kier alpha value is -1.11. The number of aliphatic hydroxyl groups is 1. The Morgan fingerprint density at radius 2 is 2.14 bits per heavy atom. The second-order valence-electron chi connectivity index (χ2n) is 5.59. The Morgan fingerprint density at radius 3 is 2.67 bits per heavy atom. The molecule has 1 aromatic heterocycles. The van der Waals surface area contributed by atoms with Crippen LogP contribution in [0.4, 0.5) is 0 Å². The van der Waals surface area contributed by atoms with Crippen LogP contribution in [0.1, 0.15) is 29.0 Å². The standard InChI is InChI=1S/C14H23ClN4O2/c1-10-12(15)13(18(2)17-10)14(21)16-9-11-3-5-19(6-4-11)7-8-20/h11,20H,3-9H2,1-2H3,(H,16,21). The average Bonchev–Trinajstić information content (AvgIpc) is 2.71. The molecule has 0 radical (unpaired) electrons. The number of piperidine rings is 1. The molecule has 1 aliphatic heterocycles. The summed E-state index contributed by atoms with van der Waals surface area (Å²) < 4.78 is 1.52. The van der Waals surface area contributed by atoms with E-state index in [2.05, 4.69) is 15.3 Å². The normalized spacial score (nSPS) is 17.1. The van der Waals surface area contributed by atoms with Crippen molar-refractivity contribution in [1.82, 2.24) is 20.0 Å². The maximum Gasteiger partial charge on any atom is 0.271 e. The largest absolute Gasteiger partial charge is 0.395 e. The highest BCUT2D eigenvalue weighted by Gasteiger charge is 2.22. The van der Waals surface area contributed by atoms with Gasteiger partial charge in [0.2, 0.25) is 0 Å². The van der Waals surface area contributed by atoms with Crippen LogP contribution in [0.25, 0.3) is 0 Å². The van der Waals surface area contributed by atoms with Crippen LogP contribution in [-0.2, 0) is 7.05 Å². The van der Waals surface area contributed by atoms with Gasteiger partial charge >= 0.3 is 0 Å². The smallest absolute Gasteiger partial charge is 0.271 e. The lowest BCUT2D eigenvalue weighted by Crippen LogP contribution is -2.40.